The minimum atomic E-state index is -1.73. The van der Waals surface area contributed by atoms with Crippen molar-refractivity contribution < 1.29 is 14.7 Å². The van der Waals surface area contributed by atoms with Crippen LogP contribution in [0.25, 0.3) is 0 Å². The molecule has 0 spiro atoms. The Morgan fingerprint density at radius 3 is 2.09 bits per heavy atom. The first kappa shape index (κ1) is 10.6. The van der Waals surface area contributed by atoms with Crippen molar-refractivity contribution in [2.24, 2.45) is 0 Å². The molecule has 0 saturated heterocycles. The van der Waals surface area contributed by atoms with E-state index in [9.17, 15) is 0 Å². The van der Waals surface area contributed by atoms with Crippen molar-refractivity contribution in [3.05, 3.63) is 30.3 Å². The molecular weight excluding hydrogens is 138 g/mol. The molecule has 0 aliphatic heterocycles. The fraction of sp³-hybridized carbons (Fsp3) is 0. The molecule has 0 saturated carbocycles. The molecule has 11 heavy (non-hydrogen) atoms. The molecule has 0 heterocycles. The number of rotatable bonds is 2. The van der Waals surface area contributed by atoms with Gasteiger partial charge in [-0.15, -0.1) is 0 Å². The first-order valence-corrected chi connectivity index (χ1v) is 2.87. The fourth-order valence-electron chi connectivity index (χ4n) is 0.621. The third-order valence-corrected chi connectivity index (χ3v) is 0.985. The van der Waals surface area contributed by atoms with Crippen molar-refractivity contribution in [1.82, 2.24) is 0 Å². The molecular formula is C6H7BLiO3. The minimum Gasteiger partial charge on any atom is -0.512 e. The Morgan fingerprint density at radius 1 is 1.09 bits per heavy atom. The molecule has 0 aromatic heterocycles. The maximum Gasteiger partial charge on any atom is 0.707 e. The van der Waals surface area contributed by atoms with Crippen LogP contribution in [0.3, 0.4) is 0 Å². The van der Waals surface area contributed by atoms with Gasteiger partial charge in [-0.1, -0.05) is 18.2 Å². The molecule has 5 heteroatoms. The van der Waals surface area contributed by atoms with Crippen LogP contribution in [0, 0.1) is 0 Å². The van der Waals surface area contributed by atoms with Gasteiger partial charge >= 0.3 is 7.32 Å². The molecule has 0 aliphatic carbocycles. The normalized spacial score (nSPS) is 8.18. The summed E-state index contributed by atoms with van der Waals surface area (Å²) >= 11 is 0. The van der Waals surface area contributed by atoms with Crippen LogP contribution in [-0.2, 0) is 0 Å². The van der Waals surface area contributed by atoms with E-state index < -0.39 is 7.32 Å². The zero-order valence-corrected chi connectivity index (χ0v) is 6.27. The van der Waals surface area contributed by atoms with E-state index in [0.29, 0.717) is 5.75 Å². The standard InChI is InChI=1S/C6H7BO3.Li/c8-7(9)10-6-4-2-1-3-5-6;/h1-5,8-9H;. The van der Waals surface area contributed by atoms with Gasteiger partial charge in [0.2, 0.25) is 0 Å². The van der Waals surface area contributed by atoms with E-state index in [4.69, 9.17) is 10.0 Å². The second kappa shape index (κ2) is 5.28. The van der Waals surface area contributed by atoms with Crippen LogP contribution >= 0.6 is 0 Å². The van der Waals surface area contributed by atoms with Gasteiger partial charge in [0.25, 0.3) is 0 Å². The van der Waals surface area contributed by atoms with Crippen LogP contribution in [0.2, 0.25) is 0 Å². The molecule has 0 bridgehead atoms. The zero-order chi connectivity index (χ0) is 7.40. The molecule has 3 nitrogen and oxygen atoms in total. The Bertz CT molecular complexity index is 192. The van der Waals surface area contributed by atoms with Crippen LogP contribution in [0.15, 0.2) is 30.3 Å². The number of hydrogen-bond donors (Lipinski definition) is 2. The van der Waals surface area contributed by atoms with Crippen molar-refractivity contribution in [1.29, 1.82) is 0 Å². The van der Waals surface area contributed by atoms with Crippen molar-refractivity contribution in [2.75, 3.05) is 0 Å². The Balaban J connectivity index is 0.000001000. The average Bonchev–Trinajstić information content (AvgIpc) is 1.88. The molecule has 1 aromatic rings. The molecule has 0 aliphatic rings. The Morgan fingerprint density at radius 2 is 1.64 bits per heavy atom. The Kier molecular flexibility index (Phi) is 5.09. The maximum absolute atomic E-state index is 8.34. The summed E-state index contributed by atoms with van der Waals surface area (Å²) in [5.41, 5.74) is 0. The first-order valence-electron chi connectivity index (χ1n) is 2.87. The predicted molar refractivity (Wildman–Crippen MR) is 43.0 cm³/mol. The SMILES string of the molecule is OB(O)Oc1ccccc1.[Li]. The van der Waals surface area contributed by atoms with Crippen LogP contribution in [0.4, 0.5) is 0 Å². The average molecular weight is 145 g/mol. The summed E-state index contributed by atoms with van der Waals surface area (Å²) in [6, 6.07) is 8.59. The van der Waals surface area contributed by atoms with E-state index in [1.54, 1.807) is 24.3 Å². The topological polar surface area (TPSA) is 49.7 Å². The van der Waals surface area contributed by atoms with Gasteiger partial charge in [-0.3, -0.25) is 0 Å². The maximum atomic E-state index is 8.34. The summed E-state index contributed by atoms with van der Waals surface area (Å²) in [6.07, 6.45) is 0. The number of benzene rings is 1. The van der Waals surface area contributed by atoms with Gasteiger partial charge in [-0.25, -0.2) is 0 Å². The molecule has 1 aromatic carbocycles. The molecule has 53 valence electrons. The predicted octanol–water partition coefficient (Wildman–Crippen LogP) is -0.346. The van der Waals surface area contributed by atoms with Gasteiger partial charge in [0.05, 0.1) is 0 Å². The van der Waals surface area contributed by atoms with Crippen LogP contribution in [-0.4, -0.2) is 36.2 Å². The molecule has 2 N–H and O–H groups in total. The van der Waals surface area contributed by atoms with Gasteiger partial charge in [-0.05, 0) is 12.1 Å². The van der Waals surface area contributed by atoms with Crippen molar-refractivity contribution in [3.8, 4) is 5.75 Å². The zero-order valence-electron chi connectivity index (χ0n) is 6.27. The van der Waals surface area contributed by atoms with E-state index in [2.05, 4.69) is 4.65 Å². The van der Waals surface area contributed by atoms with E-state index in [-0.39, 0.29) is 18.9 Å². The summed E-state index contributed by atoms with van der Waals surface area (Å²) in [5, 5.41) is 16.7. The fourth-order valence-corrected chi connectivity index (χ4v) is 0.621. The summed E-state index contributed by atoms with van der Waals surface area (Å²) < 4.78 is 4.53. The summed E-state index contributed by atoms with van der Waals surface area (Å²) in [6.45, 7) is 0. The van der Waals surface area contributed by atoms with E-state index in [1.165, 1.54) is 0 Å². The van der Waals surface area contributed by atoms with E-state index >= 15 is 0 Å². The number of para-hydroxylation sites is 1. The van der Waals surface area contributed by atoms with Gasteiger partial charge in [0, 0.05) is 18.9 Å². The summed E-state index contributed by atoms with van der Waals surface area (Å²) in [4.78, 5) is 0. The first-order chi connectivity index (χ1) is 4.79. The van der Waals surface area contributed by atoms with Gasteiger partial charge in [0.1, 0.15) is 5.75 Å². The minimum absolute atomic E-state index is 0. The second-order valence-corrected chi connectivity index (χ2v) is 1.76. The van der Waals surface area contributed by atoms with Gasteiger partial charge in [-0.2, -0.15) is 0 Å². The smallest absolute Gasteiger partial charge is 0.512 e. The third-order valence-electron chi connectivity index (χ3n) is 0.985. The largest absolute Gasteiger partial charge is 0.707 e. The van der Waals surface area contributed by atoms with Gasteiger partial charge in [0.15, 0.2) is 0 Å². The van der Waals surface area contributed by atoms with E-state index in [1.807, 2.05) is 6.07 Å². The van der Waals surface area contributed by atoms with Crippen molar-refractivity contribution >= 4 is 26.2 Å². The monoisotopic (exact) mass is 145 g/mol. The van der Waals surface area contributed by atoms with Crippen LogP contribution < -0.4 is 4.65 Å². The third kappa shape index (κ3) is 4.12. The summed E-state index contributed by atoms with van der Waals surface area (Å²) in [7, 11) is -1.73. The molecule has 1 radical (unpaired) electrons. The molecule has 0 atom stereocenters. The molecule has 0 amide bonds. The van der Waals surface area contributed by atoms with Gasteiger partial charge < -0.3 is 14.7 Å². The quantitative estimate of drug-likeness (QED) is 0.559. The van der Waals surface area contributed by atoms with E-state index in [0.717, 1.165) is 0 Å². The van der Waals surface area contributed by atoms with Crippen LogP contribution in [0.5, 0.6) is 5.75 Å². The summed E-state index contributed by atoms with van der Waals surface area (Å²) in [5.74, 6) is 0.442. The van der Waals surface area contributed by atoms with Crippen LogP contribution in [0.1, 0.15) is 0 Å². The second-order valence-electron chi connectivity index (χ2n) is 1.76. The van der Waals surface area contributed by atoms with Crippen molar-refractivity contribution in [2.45, 2.75) is 0 Å². The molecule has 0 fully saturated rings. The number of hydrogen-bond acceptors (Lipinski definition) is 3. The molecule has 0 unspecified atom stereocenters. The Hall–Kier alpha value is -0.398. The van der Waals surface area contributed by atoms with Crippen molar-refractivity contribution in [3.63, 3.8) is 0 Å². The molecule has 1 rings (SSSR count). The Labute approximate surface area is 77.4 Å².